The van der Waals surface area contributed by atoms with Crippen molar-refractivity contribution < 1.29 is 9.84 Å². The molecule has 0 bridgehead atoms. The SMILES string of the molecule is Cc1c(Oc2cccc(O)c2)cnn1C1CCNCC1. The zero-order valence-corrected chi connectivity index (χ0v) is 11.5. The molecule has 0 saturated carbocycles. The second kappa shape index (κ2) is 5.54. The molecule has 2 aromatic rings. The monoisotopic (exact) mass is 273 g/mol. The number of hydrogen-bond donors (Lipinski definition) is 2. The first kappa shape index (κ1) is 13.0. The summed E-state index contributed by atoms with van der Waals surface area (Å²) >= 11 is 0. The third kappa shape index (κ3) is 2.63. The van der Waals surface area contributed by atoms with Crippen LogP contribution in [-0.4, -0.2) is 28.0 Å². The zero-order valence-electron chi connectivity index (χ0n) is 11.5. The Morgan fingerprint density at radius 1 is 1.35 bits per heavy atom. The maximum Gasteiger partial charge on any atom is 0.168 e. The van der Waals surface area contributed by atoms with Gasteiger partial charge in [0, 0.05) is 6.07 Å². The van der Waals surface area contributed by atoms with E-state index in [4.69, 9.17) is 4.74 Å². The highest BCUT2D eigenvalue weighted by molar-refractivity contribution is 5.36. The molecule has 20 heavy (non-hydrogen) atoms. The fourth-order valence-corrected chi connectivity index (χ4v) is 2.60. The standard InChI is InChI=1S/C15H19N3O2/c1-11-15(20-14-4-2-3-13(19)9-14)10-17-18(11)12-5-7-16-8-6-12/h2-4,9-10,12,16,19H,5-8H2,1H3. The lowest BCUT2D eigenvalue weighted by atomic mass is 10.1. The van der Waals surface area contributed by atoms with Gasteiger partial charge in [0.25, 0.3) is 0 Å². The van der Waals surface area contributed by atoms with Gasteiger partial charge in [0.1, 0.15) is 11.5 Å². The summed E-state index contributed by atoms with van der Waals surface area (Å²) in [4.78, 5) is 0. The molecule has 0 aliphatic carbocycles. The summed E-state index contributed by atoms with van der Waals surface area (Å²) < 4.78 is 7.86. The van der Waals surface area contributed by atoms with Crippen LogP contribution in [-0.2, 0) is 0 Å². The highest BCUT2D eigenvalue weighted by Gasteiger charge is 2.19. The van der Waals surface area contributed by atoms with Gasteiger partial charge in [0.15, 0.2) is 5.75 Å². The van der Waals surface area contributed by atoms with Crippen LogP contribution in [0, 0.1) is 6.92 Å². The van der Waals surface area contributed by atoms with Crippen LogP contribution in [0.4, 0.5) is 0 Å². The predicted octanol–water partition coefficient (Wildman–Crippen LogP) is 2.61. The minimum absolute atomic E-state index is 0.200. The van der Waals surface area contributed by atoms with Crippen molar-refractivity contribution in [1.82, 2.24) is 15.1 Å². The second-order valence-corrected chi connectivity index (χ2v) is 5.12. The van der Waals surface area contributed by atoms with E-state index in [9.17, 15) is 5.11 Å². The van der Waals surface area contributed by atoms with Gasteiger partial charge >= 0.3 is 0 Å². The normalized spacial score (nSPS) is 16.2. The molecule has 1 aromatic carbocycles. The van der Waals surface area contributed by atoms with E-state index < -0.39 is 0 Å². The third-order valence-electron chi connectivity index (χ3n) is 3.70. The summed E-state index contributed by atoms with van der Waals surface area (Å²) in [6.45, 7) is 4.09. The number of nitrogens with one attached hydrogen (secondary N) is 1. The Labute approximate surface area is 118 Å². The van der Waals surface area contributed by atoms with E-state index in [2.05, 4.69) is 15.1 Å². The summed E-state index contributed by atoms with van der Waals surface area (Å²) in [5.74, 6) is 1.57. The van der Waals surface area contributed by atoms with E-state index in [1.165, 1.54) is 0 Å². The van der Waals surface area contributed by atoms with Crippen LogP contribution in [0.2, 0.25) is 0 Å². The molecule has 5 heteroatoms. The van der Waals surface area contributed by atoms with E-state index >= 15 is 0 Å². The van der Waals surface area contributed by atoms with Crippen LogP contribution in [0.15, 0.2) is 30.5 Å². The van der Waals surface area contributed by atoms with Crippen LogP contribution >= 0.6 is 0 Å². The Morgan fingerprint density at radius 2 is 2.15 bits per heavy atom. The van der Waals surface area contributed by atoms with Gasteiger partial charge in [0.05, 0.1) is 17.9 Å². The topological polar surface area (TPSA) is 59.3 Å². The first-order chi connectivity index (χ1) is 9.74. The summed E-state index contributed by atoms with van der Waals surface area (Å²) in [7, 11) is 0. The molecule has 1 aromatic heterocycles. The Hall–Kier alpha value is -2.01. The minimum atomic E-state index is 0.200. The molecule has 5 nitrogen and oxygen atoms in total. The molecule has 0 amide bonds. The van der Waals surface area contributed by atoms with Crippen LogP contribution in [0.25, 0.3) is 0 Å². The number of piperidine rings is 1. The molecule has 0 unspecified atom stereocenters. The van der Waals surface area contributed by atoms with Crippen molar-refractivity contribution in [2.24, 2.45) is 0 Å². The summed E-state index contributed by atoms with van der Waals surface area (Å²) in [5, 5.41) is 17.3. The Kier molecular flexibility index (Phi) is 3.60. The lowest BCUT2D eigenvalue weighted by Gasteiger charge is -2.24. The number of phenolic OH excluding ortho intramolecular Hbond substituents is 1. The van der Waals surface area contributed by atoms with Crippen LogP contribution in [0.1, 0.15) is 24.6 Å². The van der Waals surface area contributed by atoms with E-state index in [-0.39, 0.29) is 5.75 Å². The number of aromatic hydroxyl groups is 1. The van der Waals surface area contributed by atoms with Crippen molar-refractivity contribution in [2.75, 3.05) is 13.1 Å². The maximum absolute atomic E-state index is 9.46. The molecule has 1 aliphatic heterocycles. The summed E-state index contributed by atoms with van der Waals surface area (Å²) in [5.41, 5.74) is 1.03. The number of phenols is 1. The first-order valence-corrected chi connectivity index (χ1v) is 6.96. The van der Waals surface area contributed by atoms with Gasteiger partial charge in [-0.05, 0) is 45.0 Å². The quantitative estimate of drug-likeness (QED) is 0.902. The van der Waals surface area contributed by atoms with Gasteiger partial charge in [-0.1, -0.05) is 6.07 Å². The number of benzene rings is 1. The van der Waals surface area contributed by atoms with Gasteiger partial charge in [-0.15, -0.1) is 0 Å². The van der Waals surface area contributed by atoms with Crippen molar-refractivity contribution in [2.45, 2.75) is 25.8 Å². The number of nitrogens with zero attached hydrogens (tertiary/aromatic N) is 2. The molecule has 2 heterocycles. The predicted molar refractivity (Wildman–Crippen MR) is 76.3 cm³/mol. The van der Waals surface area contributed by atoms with Gasteiger partial charge in [-0.3, -0.25) is 4.68 Å². The van der Waals surface area contributed by atoms with Crippen molar-refractivity contribution in [3.05, 3.63) is 36.2 Å². The molecular weight excluding hydrogens is 254 g/mol. The Bertz CT molecular complexity index is 589. The van der Waals surface area contributed by atoms with E-state index in [0.29, 0.717) is 11.8 Å². The lowest BCUT2D eigenvalue weighted by molar-refractivity contribution is 0.336. The Morgan fingerprint density at radius 3 is 2.90 bits per heavy atom. The molecule has 0 radical (unpaired) electrons. The molecule has 1 fully saturated rings. The molecular formula is C15H19N3O2. The lowest BCUT2D eigenvalue weighted by Crippen LogP contribution is -2.30. The fourth-order valence-electron chi connectivity index (χ4n) is 2.60. The van der Waals surface area contributed by atoms with Gasteiger partial charge < -0.3 is 15.2 Å². The van der Waals surface area contributed by atoms with Crippen molar-refractivity contribution >= 4 is 0 Å². The fraction of sp³-hybridized carbons (Fsp3) is 0.400. The van der Waals surface area contributed by atoms with Crippen molar-refractivity contribution in [1.29, 1.82) is 0 Å². The molecule has 0 atom stereocenters. The first-order valence-electron chi connectivity index (χ1n) is 6.96. The number of rotatable bonds is 3. The molecule has 2 N–H and O–H groups in total. The van der Waals surface area contributed by atoms with Crippen LogP contribution in [0.5, 0.6) is 17.2 Å². The average Bonchev–Trinajstić information content (AvgIpc) is 2.81. The summed E-state index contributed by atoms with van der Waals surface area (Å²) in [6, 6.07) is 7.25. The second-order valence-electron chi connectivity index (χ2n) is 5.12. The van der Waals surface area contributed by atoms with Gasteiger partial charge in [-0.2, -0.15) is 5.10 Å². The molecule has 0 spiro atoms. The highest BCUT2D eigenvalue weighted by Crippen LogP contribution is 2.29. The summed E-state index contributed by atoms with van der Waals surface area (Å²) in [6.07, 6.45) is 3.93. The minimum Gasteiger partial charge on any atom is -0.508 e. The van der Waals surface area contributed by atoms with Crippen LogP contribution < -0.4 is 10.1 Å². The van der Waals surface area contributed by atoms with E-state index in [0.717, 1.165) is 37.4 Å². The molecule has 106 valence electrons. The molecule has 1 aliphatic rings. The van der Waals surface area contributed by atoms with Gasteiger partial charge in [-0.25, -0.2) is 0 Å². The Balaban J connectivity index is 1.79. The number of aromatic nitrogens is 2. The smallest absolute Gasteiger partial charge is 0.168 e. The molecule has 3 rings (SSSR count). The highest BCUT2D eigenvalue weighted by atomic mass is 16.5. The molecule has 1 saturated heterocycles. The third-order valence-corrected chi connectivity index (χ3v) is 3.70. The van der Waals surface area contributed by atoms with Crippen molar-refractivity contribution in [3.8, 4) is 17.2 Å². The zero-order chi connectivity index (χ0) is 13.9. The maximum atomic E-state index is 9.46. The van der Waals surface area contributed by atoms with Crippen molar-refractivity contribution in [3.63, 3.8) is 0 Å². The number of ether oxygens (including phenoxy) is 1. The van der Waals surface area contributed by atoms with E-state index in [1.807, 2.05) is 13.0 Å². The van der Waals surface area contributed by atoms with Crippen LogP contribution in [0.3, 0.4) is 0 Å². The number of hydrogen-bond acceptors (Lipinski definition) is 4. The average molecular weight is 273 g/mol. The van der Waals surface area contributed by atoms with E-state index in [1.54, 1.807) is 24.4 Å². The van der Waals surface area contributed by atoms with Gasteiger partial charge in [0.2, 0.25) is 0 Å². The largest absolute Gasteiger partial charge is 0.508 e.